The molecule has 19 heavy (non-hydrogen) atoms. The molecule has 0 aromatic heterocycles. The van der Waals surface area contributed by atoms with Crippen LogP contribution in [-0.2, 0) is 6.54 Å². The smallest absolute Gasteiger partial charge is 0.405 e. The first-order valence-electron chi connectivity index (χ1n) is 6.25. The Kier molecular flexibility index (Phi) is 4.31. The average Bonchev–Trinajstić information content (AvgIpc) is 2.30. The van der Waals surface area contributed by atoms with Crippen LogP contribution in [0.3, 0.4) is 0 Å². The van der Waals surface area contributed by atoms with E-state index in [0.717, 1.165) is 19.4 Å². The van der Waals surface area contributed by atoms with Crippen molar-refractivity contribution in [3.05, 3.63) is 29.8 Å². The van der Waals surface area contributed by atoms with E-state index in [1.54, 1.807) is 12.1 Å². The van der Waals surface area contributed by atoms with Gasteiger partial charge in [-0.25, -0.2) is 0 Å². The highest BCUT2D eigenvalue weighted by atomic mass is 19.4. The summed E-state index contributed by atoms with van der Waals surface area (Å²) >= 11 is 0. The number of alkyl halides is 3. The number of hydrogen-bond donors (Lipinski definition) is 1. The van der Waals surface area contributed by atoms with E-state index in [9.17, 15) is 13.2 Å². The summed E-state index contributed by atoms with van der Waals surface area (Å²) in [4.78, 5) is 2.06. The fourth-order valence-electron chi connectivity index (χ4n) is 2.33. The molecule has 1 aromatic carbocycles. The van der Waals surface area contributed by atoms with Gasteiger partial charge in [0.25, 0.3) is 0 Å². The van der Waals surface area contributed by atoms with Crippen LogP contribution in [0.5, 0.6) is 5.75 Å². The third kappa shape index (κ3) is 4.40. The molecule has 1 fully saturated rings. The van der Waals surface area contributed by atoms with Gasteiger partial charge in [0.15, 0.2) is 0 Å². The van der Waals surface area contributed by atoms with Crippen LogP contribution < -0.4 is 10.5 Å². The first kappa shape index (κ1) is 14.1. The second kappa shape index (κ2) is 5.79. The van der Waals surface area contributed by atoms with E-state index in [1.165, 1.54) is 12.1 Å². The molecule has 1 saturated heterocycles. The van der Waals surface area contributed by atoms with E-state index in [4.69, 9.17) is 5.73 Å². The van der Waals surface area contributed by atoms with Crippen LogP contribution in [-0.4, -0.2) is 30.4 Å². The molecule has 1 aromatic rings. The van der Waals surface area contributed by atoms with Crippen molar-refractivity contribution in [1.29, 1.82) is 0 Å². The Morgan fingerprint density at radius 1 is 1.32 bits per heavy atom. The van der Waals surface area contributed by atoms with E-state index in [-0.39, 0.29) is 11.8 Å². The van der Waals surface area contributed by atoms with Gasteiger partial charge in [0.1, 0.15) is 5.75 Å². The maximum Gasteiger partial charge on any atom is 0.573 e. The molecule has 0 bridgehead atoms. The lowest BCUT2D eigenvalue weighted by molar-refractivity contribution is -0.275. The second-order valence-corrected chi connectivity index (χ2v) is 4.79. The zero-order valence-electron chi connectivity index (χ0n) is 10.5. The van der Waals surface area contributed by atoms with Crippen molar-refractivity contribution in [3.63, 3.8) is 0 Å². The summed E-state index contributed by atoms with van der Waals surface area (Å²) in [5.74, 6) is -0.130. The van der Waals surface area contributed by atoms with Gasteiger partial charge in [-0.3, -0.25) is 4.90 Å². The highest BCUT2D eigenvalue weighted by Crippen LogP contribution is 2.27. The maximum atomic E-state index is 12.3. The third-order valence-corrected chi connectivity index (χ3v) is 3.13. The van der Waals surface area contributed by atoms with E-state index in [2.05, 4.69) is 9.64 Å². The molecule has 6 heteroatoms. The molecule has 1 atom stereocenters. The molecule has 0 aliphatic carbocycles. The monoisotopic (exact) mass is 274 g/mol. The molecule has 0 saturated carbocycles. The van der Waals surface area contributed by atoms with Gasteiger partial charge in [0.2, 0.25) is 0 Å². The molecule has 1 heterocycles. The van der Waals surface area contributed by atoms with Crippen LogP contribution in [0.1, 0.15) is 18.4 Å². The number of benzene rings is 1. The number of hydrogen-bond acceptors (Lipinski definition) is 3. The van der Waals surface area contributed by atoms with Gasteiger partial charge in [-0.1, -0.05) is 18.2 Å². The van der Waals surface area contributed by atoms with Gasteiger partial charge < -0.3 is 10.5 Å². The normalized spacial score (nSPS) is 21.4. The van der Waals surface area contributed by atoms with Crippen molar-refractivity contribution in [2.75, 3.05) is 13.1 Å². The molecule has 0 spiro atoms. The summed E-state index contributed by atoms with van der Waals surface area (Å²) in [5, 5.41) is 0. The summed E-state index contributed by atoms with van der Waals surface area (Å²) in [6, 6.07) is 6.34. The molecule has 2 rings (SSSR count). The first-order chi connectivity index (χ1) is 8.94. The molecular weight excluding hydrogens is 257 g/mol. The molecule has 0 amide bonds. The third-order valence-electron chi connectivity index (χ3n) is 3.13. The summed E-state index contributed by atoms with van der Waals surface area (Å²) < 4.78 is 41.0. The quantitative estimate of drug-likeness (QED) is 0.920. The second-order valence-electron chi connectivity index (χ2n) is 4.79. The van der Waals surface area contributed by atoms with Crippen LogP contribution in [0.2, 0.25) is 0 Å². The van der Waals surface area contributed by atoms with Gasteiger partial charge >= 0.3 is 6.36 Å². The lowest BCUT2D eigenvalue weighted by Gasteiger charge is -2.31. The van der Waals surface area contributed by atoms with Gasteiger partial charge in [-0.15, -0.1) is 13.2 Å². The topological polar surface area (TPSA) is 38.5 Å². The van der Waals surface area contributed by atoms with Crippen molar-refractivity contribution < 1.29 is 17.9 Å². The minimum Gasteiger partial charge on any atom is -0.405 e. The maximum absolute atomic E-state index is 12.3. The Morgan fingerprint density at radius 2 is 2.05 bits per heavy atom. The predicted molar refractivity (Wildman–Crippen MR) is 65.6 cm³/mol. The molecule has 0 radical (unpaired) electrons. The molecule has 1 aliphatic heterocycles. The number of halogens is 3. The summed E-state index contributed by atoms with van der Waals surface area (Å²) in [5.41, 5.74) is 6.40. The van der Waals surface area contributed by atoms with Crippen molar-refractivity contribution in [2.24, 2.45) is 5.73 Å². The van der Waals surface area contributed by atoms with E-state index >= 15 is 0 Å². The Morgan fingerprint density at radius 3 is 2.74 bits per heavy atom. The summed E-state index contributed by atoms with van der Waals surface area (Å²) in [7, 11) is 0. The number of rotatable bonds is 3. The molecule has 3 nitrogen and oxygen atoms in total. The fraction of sp³-hybridized carbons (Fsp3) is 0.538. The number of para-hydroxylation sites is 1. The largest absolute Gasteiger partial charge is 0.573 e. The highest BCUT2D eigenvalue weighted by molar-refractivity contribution is 5.33. The van der Waals surface area contributed by atoms with E-state index < -0.39 is 6.36 Å². The van der Waals surface area contributed by atoms with Crippen LogP contribution in [0.15, 0.2) is 24.3 Å². The van der Waals surface area contributed by atoms with Gasteiger partial charge in [0.05, 0.1) is 0 Å². The van der Waals surface area contributed by atoms with Crippen molar-refractivity contribution in [3.8, 4) is 5.75 Å². The van der Waals surface area contributed by atoms with E-state index in [0.29, 0.717) is 18.7 Å². The van der Waals surface area contributed by atoms with Crippen molar-refractivity contribution in [1.82, 2.24) is 4.90 Å². The summed E-state index contributed by atoms with van der Waals surface area (Å²) in [6.07, 6.45) is -2.71. The number of likely N-dealkylation sites (tertiary alicyclic amines) is 1. The Balaban J connectivity index is 2.07. The molecule has 106 valence electrons. The fourth-order valence-corrected chi connectivity index (χ4v) is 2.33. The van der Waals surface area contributed by atoms with Crippen LogP contribution >= 0.6 is 0 Å². The van der Waals surface area contributed by atoms with Crippen LogP contribution in [0, 0.1) is 0 Å². The number of piperidine rings is 1. The lowest BCUT2D eigenvalue weighted by Crippen LogP contribution is -2.42. The minimum atomic E-state index is -4.66. The molecule has 1 aliphatic rings. The Hall–Kier alpha value is -1.27. The minimum absolute atomic E-state index is 0.101. The average molecular weight is 274 g/mol. The van der Waals surface area contributed by atoms with Gasteiger partial charge in [0, 0.05) is 24.7 Å². The Labute approximate surface area is 110 Å². The SMILES string of the molecule is NC1CCCN(Cc2ccccc2OC(F)(F)F)C1. The van der Waals surface area contributed by atoms with Crippen LogP contribution in [0.25, 0.3) is 0 Å². The predicted octanol–water partition coefficient (Wildman–Crippen LogP) is 2.51. The number of nitrogens with two attached hydrogens (primary N) is 1. The van der Waals surface area contributed by atoms with Crippen molar-refractivity contribution >= 4 is 0 Å². The zero-order chi connectivity index (χ0) is 13.9. The van der Waals surface area contributed by atoms with E-state index in [1.807, 2.05) is 0 Å². The first-order valence-corrected chi connectivity index (χ1v) is 6.25. The number of ether oxygens (including phenoxy) is 1. The Bertz CT molecular complexity index is 423. The van der Waals surface area contributed by atoms with Gasteiger partial charge in [-0.2, -0.15) is 0 Å². The molecule has 2 N–H and O–H groups in total. The lowest BCUT2D eigenvalue weighted by atomic mass is 10.1. The number of nitrogens with zero attached hydrogens (tertiary/aromatic N) is 1. The standard InChI is InChI=1S/C13H17F3N2O/c14-13(15,16)19-12-6-2-1-4-10(12)8-18-7-3-5-11(17)9-18/h1-2,4,6,11H,3,5,7-9,17H2. The summed E-state index contributed by atoms with van der Waals surface area (Å²) in [6.45, 7) is 1.99. The van der Waals surface area contributed by atoms with Crippen LogP contribution in [0.4, 0.5) is 13.2 Å². The van der Waals surface area contributed by atoms with Crippen molar-refractivity contribution in [2.45, 2.75) is 31.8 Å². The van der Waals surface area contributed by atoms with Gasteiger partial charge in [-0.05, 0) is 25.5 Å². The zero-order valence-corrected chi connectivity index (χ0v) is 10.5. The molecule has 1 unspecified atom stereocenters. The molecular formula is C13H17F3N2O. The highest BCUT2D eigenvalue weighted by Gasteiger charge is 2.32.